The van der Waals surface area contributed by atoms with Crippen molar-refractivity contribution in [1.82, 2.24) is 0 Å². The van der Waals surface area contributed by atoms with Crippen LogP contribution in [0, 0.1) is 0 Å². The number of amides is 1. The largest absolute Gasteiger partial charge is 0.489 e. The minimum Gasteiger partial charge on any atom is -0.489 e. The molecule has 0 heterocycles. The first-order valence-corrected chi connectivity index (χ1v) is 9.04. The second-order valence-electron chi connectivity index (χ2n) is 6.14. The summed E-state index contributed by atoms with van der Waals surface area (Å²) < 4.78 is 5.80. The van der Waals surface area contributed by atoms with E-state index in [4.69, 9.17) is 16.3 Å². The van der Waals surface area contributed by atoms with Crippen molar-refractivity contribution in [3.8, 4) is 5.75 Å². The van der Waals surface area contributed by atoms with Gasteiger partial charge in [0, 0.05) is 35.4 Å². The highest BCUT2D eigenvalue weighted by Crippen LogP contribution is 2.20. The smallest absolute Gasteiger partial charge is 0.221 e. The van der Waals surface area contributed by atoms with Gasteiger partial charge in [-0.1, -0.05) is 41.9 Å². The quantitative estimate of drug-likeness (QED) is 0.569. The van der Waals surface area contributed by atoms with Gasteiger partial charge >= 0.3 is 0 Å². The van der Waals surface area contributed by atoms with Crippen molar-refractivity contribution in [2.45, 2.75) is 20.1 Å². The lowest BCUT2D eigenvalue weighted by molar-refractivity contribution is -0.114. The number of nitrogens with one attached hydrogen (secondary N) is 2. The standard InChI is InChI=1S/C22H21ClN2O2/c1-16(26)25-20-10-8-19(9-11-20)24-14-17-6-12-21(13-7-17)27-15-18-4-2-3-5-22(18)23/h2-13,24H,14-15H2,1H3,(H,25,26). The molecule has 0 saturated carbocycles. The Kier molecular flexibility index (Phi) is 6.34. The number of halogens is 1. The van der Waals surface area contributed by atoms with Gasteiger partial charge in [0.2, 0.25) is 5.91 Å². The lowest BCUT2D eigenvalue weighted by atomic mass is 10.2. The van der Waals surface area contributed by atoms with E-state index >= 15 is 0 Å². The van der Waals surface area contributed by atoms with Gasteiger partial charge in [-0.2, -0.15) is 0 Å². The number of carbonyl (C=O) groups excluding carboxylic acids is 1. The molecule has 4 nitrogen and oxygen atoms in total. The predicted octanol–water partition coefficient (Wildman–Crippen LogP) is 5.49. The van der Waals surface area contributed by atoms with Crippen molar-refractivity contribution in [2.24, 2.45) is 0 Å². The fourth-order valence-electron chi connectivity index (χ4n) is 2.56. The fraction of sp³-hybridized carbons (Fsp3) is 0.136. The number of hydrogen-bond acceptors (Lipinski definition) is 3. The predicted molar refractivity (Wildman–Crippen MR) is 110 cm³/mol. The van der Waals surface area contributed by atoms with Gasteiger partial charge in [0.05, 0.1) is 0 Å². The van der Waals surface area contributed by atoms with Gasteiger partial charge < -0.3 is 15.4 Å². The molecule has 0 spiro atoms. The molecule has 0 aliphatic heterocycles. The monoisotopic (exact) mass is 380 g/mol. The Balaban J connectivity index is 1.50. The van der Waals surface area contributed by atoms with Gasteiger partial charge in [-0.15, -0.1) is 0 Å². The Morgan fingerprint density at radius 2 is 1.59 bits per heavy atom. The maximum Gasteiger partial charge on any atom is 0.221 e. The van der Waals surface area contributed by atoms with Crippen molar-refractivity contribution in [3.05, 3.63) is 88.9 Å². The van der Waals surface area contributed by atoms with Crippen molar-refractivity contribution >= 4 is 28.9 Å². The Bertz CT molecular complexity index is 893. The lowest BCUT2D eigenvalue weighted by Gasteiger charge is -2.10. The number of hydrogen-bond donors (Lipinski definition) is 2. The average Bonchev–Trinajstić information content (AvgIpc) is 2.67. The van der Waals surface area contributed by atoms with E-state index in [1.54, 1.807) is 0 Å². The molecule has 2 N–H and O–H groups in total. The molecular weight excluding hydrogens is 360 g/mol. The second kappa shape index (κ2) is 9.10. The first-order valence-electron chi connectivity index (χ1n) is 8.67. The van der Waals surface area contributed by atoms with Crippen LogP contribution < -0.4 is 15.4 Å². The van der Waals surface area contributed by atoms with E-state index in [2.05, 4.69) is 10.6 Å². The van der Waals surface area contributed by atoms with Gasteiger partial charge in [-0.05, 0) is 48.0 Å². The van der Waals surface area contributed by atoms with Crippen LogP contribution in [-0.2, 0) is 17.9 Å². The van der Waals surface area contributed by atoms with Gasteiger partial charge in [-0.25, -0.2) is 0 Å². The zero-order valence-electron chi connectivity index (χ0n) is 15.0. The third-order valence-corrected chi connectivity index (χ3v) is 4.35. The summed E-state index contributed by atoms with van der Waals surface area (Å²) >= 11 is 6.14. The van der Waals surface area contributed by atoms with Crippen molar-refractivity contribution < 1.29 is 9.53 Å². The normalized spacial score (nSPS) is 10.3. The van der Waals surface area contributed by atoms with E-state index < -0.39 is 0 Å². The zero-order valence-corrected chi connectivity index (χ0v) is 15.8. The third kappa shape index (κ3) is 5.76. The molecular formula is C22H21ClN2O2. The highest BCUT2D eigenvalue weighted by molar-refractivity contribution is 6.31. The van der Waals surface area contributed by atoms with E-state index in [0.29, 0.717) is 18.2 Å². The van der Waals surface area contributed by atoms with E-state index in [-0.39, 0.29) is 5.91 Å². The molecule has 3 aromatic rings. The number of rotatable bonds is 7. The highest BCUT2D eigenvalue weighted by Gasteiger charge is 2.01. The van der Waals surface area contributed by atoms with Crippen LogP contribution in [0.3, 0.4) is 0 Å². The van der Waals surface area contributed by atoms with E-state index in [9.17, 15) is 4.79 Å². The lowest BCUT2D eigenvalue weighted by Crippen LogP contribution is -2.05. The topological polar surface area (TPSA) is 50.4 Å². The molecule has 0 aliphatic carbocycles. The maximum absolute atomic E-state index is 11.0. The van der Waals surface area contributed by atoms with E-state index in [1.807, 2.05) is 72.8 Å². The molecule has 1 amide bonds. The van der Waals surface area contributed by atoms with E-state index in [0.717, 1.165) is 28.3 Å². The average molecular weight is 381 g/mol. The zero-order chi connectivity index (χ0) is 19.1. The van der Waals surface area contributed by atoms with Crippen LogP contribution >= 0.6 is 11.6 Å². The molecule has 27 heavy (non-hydrogen) atoms. The molecule has 138 valence electrons. The Labute approximate surface area is 164 Å². The molecule has 0 radical (unpaired) electrons. The minimum atomic E-state index is -0.0763. The van der Waals surface area contributed by atoms with Crippen LogP contribution in [-0.4, -0.2) is 5.91 Å². The molecule has 3 rings (SSSR count). The number of benzene rings is 3. The summed E-state index contributed by atoms with van der Waals surface area (Å²) in [6.07, 6.45) is 0. The molecule has 0 unspecified atom stereocenters. The first-order chi connectivity index (χ1) is 13.1. The van der Waals surface area contributed by atoms with Crippen LogP contribution in [0.15, 0.2) is 72.8 Å². The van der Waals surface area contributed by atoms with Gasteiger partial charge in [0.15, 0.2) is 0 Å². The maximum atomic E-state index is 11.0. The van der Waals surface area contributed by atoms with Crippen LogP contribution in [0.4, 0.5) is 11.4 Å². The summed E-state index contributed by atoms with van der Waals surface area (Å²) in [5, 5.41) is 6.82. The Morgan fingerprint density at radius 1 is 0.926 bits per heavy atom. The minimum absolute atomic E-state index is 0.0763. The summed E-state index contributed by atoms with van der Waals surface area (Å²) in [5.41, 5.74) is 3.88. The number of anilines is 2. The van der Waals surface area contributed by atoms with Gasteiger partial charge in [-0.3, -0.25) is 4.79 Å². The van der Waals surface area contributed by atoms with Gasteiger partial charge in [0.25, 0.3) is 0 Å². The van der Waals surface area contributed by atoms with E-state index in [1.165, 1.54) is 6.92 Å². The molecule has 0 fully saturated rings. The SMILES string of the molecule is CC(=O)Nc1ccc(NCc2ccc(OCc3ccccc3Cl)cc2)cc1. The first kappa shape index (κ1) is 18.8. The molecule has 3 aromatic carbocycles. The fourth-order valence-corrected chi connectivity index (χ4v) is 2.75. The third-order valence-electron chi connectivity index (χ3n) is 3.98. The summed E-state index contributed by atoms with van der Waals surface area (Å²) in [4.78, 5) is 11.0. The van der Waals surface area contributed by atoms with Gasteiger partial charge in [0.1, 0.15) is 12.4 Å². The molecule has 0 atom stereocenters. The van der Waals surface area contributed by atoms with Crippen molar-refractivity contribution in [3.63, 3.8) is 0 Å². The van der Waals surface area contributed by atoms with Crippen LogP contribution in [0.5, 0.6) is 5.75 Å². The molecule has 0 saturated heterocycles. The summed E-state index contributed by atoms with van der Waals surface area (Å²) in [5.74, 6) is 0.728. The van der Waals surface area contributed by atoms with Crippen LogP contribution in [0.1, 0.15) is 18.1 Å². The van der Waals surface area contributed by atoms with Crippen molar-refractivity contribution in [2.75, 3.05) is 10.6 Å². The molecule has 5 heteroatoms. The highest BCUT2D eigenvalue weighted by atomic mass is 35.5. The Morgan fingerprint density at radius 3 is 2.26 bits per heavy atom. The van der Waals surface area contributed by atoms with Crippen LogP contribution in [0.2, 0.25) is 5.02 Å². The van der Waals surface area contributed by atoms with Crippen LogP contribution in [0.25, 0.3) is 0 Å². The summed E-state index contributed by atoms with van der Waals surface area (Å²) in [7, 11) is 0. The second-order valence-corrected chi connectivity index (χ2v) is 6.54. The van der Waals surface area contributed by atoms with Crippen molar-refractivity contribution in [1.29, 1.82) is 0 Å². The summed E-state index contributed by atoms with van der Waals surface area (Å²) in [6.45, 7) is 2.64. The summed E-state index contributed by atoms with van der Waals surface area (Å²) in [6, 6.07) is 23.2. The Hall–Kier alpha value is -2.98. The number of carbonyl (C=O) groups is 1. The number of ether oxygens (including phenoxy) is 1. The molecule has 0 bridgehead atoms. The molecule has 0 aliphatic rings. The molecule has 0 aromatic heterocycles.